The van der Waals surface area contributed by atoms with Crippen molar-refractivity contribution in [3.63, 3.8) is 0 Å². The van der Waals surface area contributed by atoms with Gasteiger partial charge < -0.3 is 15.5 Å². The van der Waals surface area contributed by atoms with Crippen LogP contribution < -0.4 is 16.6 Å². The molecule has 0 saturated heterocycles. The van der Waals surface area contributed by atoms with Crippen molar-refractivity contribution in [1.29, 1.82) is 0 Å². The minimum Gasteiger partial charge on any atom is -0.421 e. The Morgan fingerprint density at radius 3 is 2.85 bits per heavy atom. The van der Waals surface area contributed by atoms with Gasteiger partial charge in [-0.3, -0.25) is 14.5 Å². The third-order valence-electron chi connectivity index (χ3n) is 4.97. The van der Waals surface area contributed by atoms with Gasteiger partial charge in [-0.05, 0) is 19.1 Å². The molecule has 13 heteroatoms. The SMILES string of the molecule is Cc1nnc(-c2c(N)ncnc2NC(C)c2nc3cccc(Cl)c3c(=O)n2-c2cn[nH]c2)o1. The Hall–Kier alpha value is -4.32. The molecule has 4 heterocycles. The van der Waals surface area contributed by atoms with Crippen molar-refractivity contribution in [2.45, 2.75) is 19.9 Å². The number of fused-ring (bicyclic) bond motifs is 1. The van der Waals surface area contributed by atoms with Crippen LogP contribution in [0.2, 0.25) is 5.02 Å². The van der Waals surface area contributed by atoms with E-state index in [0.717, 1.165) is 0 Å². The second kappa shape index (κ2) is 7.98. The number of nitrogens with one attached hydrogen (secondary N) is 2. The van der Waals surface area contributed by atoms with Crippen molar-refractivity contribution in [2.75, 3.05) is 11.1 Å². The Kier molecular flexibility index (Phi) is 4.98. The van der Waals surface area contributed by atoms with Crippen LogP contribution in [-0.2, 0) is 0 Å². The van der Waals surface area contributed by atoms with Crippen LogP contribution >= 0.6 is 11.6 Å². The fourth-order valence-electron chi connectivity index (χ4n) is 3.50. The Morgan fingerprint density at radius 2 is 2.12 bits per heavy atom. The second-order valence-corrected chi connectivity index (χ2v) is 7.58. The van der Waals surface area contributed by atoms with Crippen molar-refractivity contribution in [1.82, 2.24) is 39.9 Å². The number of benzene rings is 1. The average molecular weight is 465 g/mol. The first-order valence-corrected chi connectivity index (χ1v) is 10.2. The number of nitrogens with two attached hydrogens (primary N) is 1. The van der Waals surface area contributed by atoms with Crippen LogP contribution in [-0.4, -0.2) is 39.9 Å². The normalized spacial score (nSPS) is 12.2. The van der Waals surface area contributed by atoms with E-state index in [9.17, 15) is 4.79 Å². The van der Waals surface area contributed by atoms with Crippen LogP contribution in [0.15, 0.2) is 46.1 Å². The number of hydrogen-bond acceptors (Lipinski definition) is 10. The van der Waals surface area contributed by atoms with E-state index in [-0.39, 0.29) is 17.3 Å². The maximum Gasteiger partial charge on any atom is 0.267 e. The fraction of sp³-hybridized carbons (Fsp3) is 0.150. The molecule has 5 aromatic rings. The largest absolute Gasteiger partial charge is 0.421 e. The number of halogens is 1. The maximum atomic E-state index is 13.5. The van der Waals surface area contributed by atoms with Gasteiger partial charge in [0, 0.05) is 13.1 Å². The van der Waals surface area contributed by atoms with Crippen molar-refractivity contribution < 1.29 is 4.42 Å². The van der Waals surface area contributed by atoms with Crippen molar-refractivity contribution >= 4 is 34.1 Å². The van der Waals surface area contributed by atoms with Gasteiger partial charge in [0.25, 0.3) is 11.4 Å². The molecule has 5 rings (SSSR count). The summed E-state index contributed by atoms with van der Waals surface area (Å²) in [6.07, 6.45) is 4.43. The van der Waals surface area contributed by atoms with Gasteiger partial charge in [0.05, 0.1) is 33.9 Å². The number of nitrogens with zero attached hydrogens (tertiary/aromatic N) is 7. The summed E-state index contributed by atoms with van der Waals surface area (Å²) in [6.45, 7) is 3.50. The minimum absolute atomic E-state index is 0.161. The summed E-state index contributed by atoms with van der Waals surface area (Å²) in [7, 11) is 0. The molecule has 0 bridgehead atoms. The molecule has 12 nitrogen and oxygen atoms in total. The molecule has 1 unspecified atom stereocenters. The molecule has 166 valence electrons. The zero-order valence-electron chi connectivity index (χ0n) is 17.4. The van der Waals surface area contributed by atoms with Gasteiger partial charge in [-0.25, -0.2) is 15.0 Å². The monoisotopic (exact) mass is 464 g/mol. The lowest BCUT2D eigenvalue weighted by Crippen LogP contribution is -2.27. The molecular formula is C20H17ClN10O2. The quantitative estimate of drug-likeness (QED) is 0.351. The number of aromatic nitrogens is 8. The molecule has 0 aliphatic heterocycles. The smallest absolute Gasteiger partial charge is 0.267 e. The highest BCUT2D eigenvalue weighted by Gasteiger charge is 2.23. The molecule has 0 spiro atoms. The molecule has 4 aromatic heterocycles. The summed E-state index contributed by atoms with van der Waals surface area (Å²) in [6, 6.07) is 4.60. The van der Waals surface area contributed by atoms with Gasteiger partial charge >= 0.3 is 0 Å². The topological polar surface area (TPSA) is 166 Å². The molecule has 0 radical (unpaired) electrons. The maximum absolute atomic E-state index is 13.5. The first kappa shape index (κ1) is 20.6. The van der Waals surface area contributed by atoms with Crippen LogP contribution in [0.3, 0.4) is 0 Å². The number of anilines is 2. The molecule has 0 aliphatic carbocycles. The summed E-state index contributed by atoms with van der Waals surface area (Å²) in [5.74, 6) is 1.45. The van der Waals surface area contributed by atoms with Gasteiger partial charge in [-0.2, -0.15) is 5.10 Å². The molecule has 4 N–H and O–H groups in total. The molecule has 0 saturated carbocycles. The predicted octanol–water partition coefficient (Wildman–Crippen LogP) is 2.67. The van der Waals surface area contributed by atoms with Crippen LogP contribution in [0.1, 0.15) is 24.7 Å². The lowest BCUT2D eigenvalue weighted by atomic mass is 10.2. The molecule has 0 amide bonds. The molecule has 0 fully saturated rings. The summed E-state index contributed by atoms with van der Waals surface area (Å²) in [4.78, 5) is 26.5. The third kappa shape index (κ3) is 3.55. The highest BCUT2D eigenvalue weighted by Crippen LogP contribution is 2.32. The van der Waals surface area contributed by atoms with Gasteiger partial charge in [0.15, 0.2) is 0 Å². The first-order chi connectivity index (χ1) is 15.9. The van der Waals surface area contributed by atoms with Crippen LogP contribution in [0.5, 0.6) is 0 Å². The first-order valence-electron chi connectivity index (χ1n) is 9.82. The lowest BCUT2D eigenvalue weighted by Gasteiger charge is -2.20. The Morgan fingerprint density at radius 1 is 1.27 bits per heavy atom. The second-order valence-electron chi connectivity index (χ2n) is 7.18. The molecule has 0 aliphatic rings. The third-order valence-corrected chi connectivity index (χ3v) is 5.29. The zero-order chi connectivity index (χ0) is 23.1. The summed E-state index contributed by atoms with van der Waals surface area (Å²) >= 11 is 6.32. The van der Waals surface area contributed by atoms with E-state index in [1.807, 2.05) is 6.92 Å². The highest BCUT2D eigenvalue weighted by atomic mass is 35.5. The number of H-pyrrole nitrogens is 1. The number of aromatic amines is 1. The van der Waals surface area contributed by atoms with E-state index in [1.54, 1.807) is 31.3 Å². The van der Waals surface area contributed by atoms with Gasteiger partial charge in [-0.15, -0.1) is 10.2 Å². The van der Waals surface area contributed by atoms with E-state index in [4.69, 9.17) is 26.7 Å². The molecular weight excluding hydrogens is 448 g/mol. The van der Waals surface area contributed by atoms with Crippen LogP contribution in [0.25, 0.3) is 28.0 Å². The van der Waals surface area contributed by atoms with Gasteiger partial charge in [0.1, 0.15) is 29.4 Å². The average Bonchev–Trinajstić information content (AvgIpc) is 3.45. The minimum atomic E-state index is -0.520. The van der Waals surface area contributed by atoms with Gasteiger partial charge in [-0.1, -0.05) is 17.7 Å². The van der Waals surface area contributed by atoms with E-state index in [2.05, 4.69) is 35.7 Å². The van der Waals surface area contributed by atoms with Crippen molar-refractivity contribution in [3.8, 4) is 17.1 Å². The number of aryl methyl sites for hydroxylation is 1. The molecule has 1 atom stereocenters. The number of rotatable bonds is 5. The Balaban J connectivity index is 1.66. The fourth-order valence-corrected chi connectivity index (χ4v) is 3.75. The summed E-state index contributed by atoms with van der Waals surface area (Å²) < 4.78 is 6.97. The van der Waals surface area contributed by atoms with Crippen LogP contribution in [0.4, 0.5) is 11.6 Å². The van der Waals surface area contributed by atoms with E-state index in [1.165, 1.54) is 17.1 Å². The summed E-state index contributed by atoms with van der Waals surface area (Å²) in [5, 5.41) is 18.4. The van der Waals surface area contributed by atoms with Crippen molar-refractivity contribution in [3.05, 3.63) is 64.0 Å². The van der Waals surface area contributed by atoms with E-state index >= 15 is 0 Å². The number of hydrogen-bond donors (Lipinski definition) is 3. The highest BCUT2D eigenvalue weighted by molar-refractivity contribution is 6.35. The van der Waals surface area contributed by atoms with Crippen LogP contribution in [0, 0.1) is 6.92 Å². The molecule has 1 aromatic carbocycles. The van der Waals surface area contributed by atoms with Gasteiger partial charge in [0.2, 0.25) is 5.89 Å². The zero-order valence-corrected chi connectivity index (χ0v) is 18.2. The Labute approximate surface area is 190 Å². The summed E-state index contributed by atoms with van der Waals surface area (Å²) in [5.41, 5.74) is 7.08. The van der Waals surface area contributed by atoms with Crippen molar-refractivity contribution in [2.24, 2.45) is 0 Å². The number of nitrogen functional groups attached to an aromatic ring is 1. The standard InChI is InChI=1S/C20H17ClN10O2/c1-9(27-17-15(16(22)23-8-24-17)19-30-29-10(2)33-19)18-28-13-5-3-4-12(21)14(13)20(32)31(18)11-6-25-26-7-11/h3-9H,1-2H3,(H,25,26)(H3,22,23,24,27). The lowest BCUT2D eigenvalue weighted by molar-refractivity contribution is 0.532. The Bertz CT molecular complexity index is 1530. The molecule has 33 heavy (non-hydrogen) atoms. The van der Waals surface area contributed by atoms with E-state index < -0.39 is 6.04 Å². The van der Waals surface area contributed by atoms with E-state index in [0.29, 0.717) is 44.7 Å². The predicted molar refractivity (Wildman–Crippen MR) is 121 cm³/mol.